The van der Waals surface area contributed by atoms with Gasteiger partial charge in [0.25, 0.3) is 0 Å². The van der Waals surface area contributed by atoms with E-state index < -0.39 is 0 Å². The molecule has 0 saturated carbocycles. The van der Waals surface area contributed by atoms with Crippen LogP contribution in [0, 0.1) is 0 Å². The largest absolute Gasteiger partial charge is 0.385 e. The summed E-state index contributed by atoms with van der Waals surface area (Å²) in [6.45, 7) is 0.837. The Morgan fingerprint density at radius 2 is 2.15 bits per heavy atom. The van der Waals surface area contributed by atoms with Gasteiger partial charge in [-0.2, -0.15) is 0 Å². The van der Waals surface area contributed by atoms with E-state index in [1.165, 1.54) is 11.1 Å². The summed E-state index contributed by atoms with van der Waals surface area (Å²) in [5.74, 6) is 0.566. The van der Waals surface area contributed by atoms with Crippen molar-refractivity contribution in [2.45, 2.75) is 12.3 Å². The first-order valence-corrected chi connectivity index (χ1v) is 4.68. The minimum Gasteiger partial charge on any atom is -0.385 e. The topological polar surface area (TPSA) is 9.23 Å². The van der Waals surface area contributed by atoms with Gasteiger partial charge >= 0.3 is 0 Å². The minimum absolute atomic E-state index is 0.566. The van der Waals surface area contributed by atoms with Crippen molar-refractivity contribution >= 4 is 6.08 Å². The maximum atomic E-state index is 5.08. The molecule has 0 amide bonds. The third kappa shape index (κ3) is 1.65. The maximum Gasteiger partial charge on any atom is 0.0471 e. The molecule has 1 nitrogen and oxygen atoms in total. The number of allylic oxidation sites excluding steroid dienone is 1. The Labute approximate surface area is 79.0 Å². The lowest BCUT2D eigenvalue weighted by Gasteiger charge is -2.09. The van der Waals surface area contributed by atoms with Crippen LogP contribution in [-0.4, -0.2) is 13.7 Å². The zero-order chi connectivity index (χ0) is 9.10. The summed E-state index contributed by atoms with van der Waals surface area (Å²) in [5.41, 5.74) is 2.81. The molecule has 0 N–H and O–H groups in total. The van der Waals surface area contributed by atoms with Gasteiger partial charge in [0.15, 0.2) is 0 Å². The number of hydrogen-bond donors (Lipinski definition) is 0. The van der Waals surface area contributed by atoms with Crippen LogP contribution in [0.25, 0.3) is 6.08 Å². The lowest BCUT2D eigenvalue weighted by atomic mass is 9.98. The first kappa shape index (κ1) is 8.52. The second kappa shape index (κ2) is 3.75. The smallest absolute Gasteiger partial charge is 0.0471 e. The van der Waals surface area contributed by atoms with Crippen LogP contribution in [0.2, 0.25) is 0 Å². The summed E-state index contributed by atoms with van der Waals surface area (Å²) >= 11 is 0. The van der Waals surface area contributed by atoms with E-state index in [0.29, 0.717) is 5.92 Å². The molecule has 0 heterocycles. The van der Waals surface area contributed by atoms with Crippen molar-refractivity contribution in [1.29, 1.82) is 0 Å². The van der Waals surface area contributed by atoms with E-state index in [1.807, 2.05) is 0 Å². The molecule has 1 aromatic rings. The molecule has 68 valence electrons. The van der Waals surface area contributed by atoms with Gasteiger partial charge in [-0.3, -0.25) is 0 Å². The Hall–Kier alpha value is -1.08. The number of benzene rings is 1. The summed E-state index contributed by atoms with van der Waals surface area (Å²) in [6.07, 6.45) is 5.56. The predicted octanol–water partition coefficient (Wildman–Crippen LogP) is 2.83. The molecule has 1 aromatic carbocycles. The van der Waals surface area contributed by atoms with Gasteiger partial charge < -0.3 is 4.74 Å². The van der Waals surface area contributed by atoms with E-state index in [9.17, 15) is 0 Å². The van der Waals surface area contributed by atoms with E-state index >= 15 is 0 Å². The number of methoxy groups -OCH3 is 1. The lowest BCUT2D eigenvalue weighted by molar-refractivity contribution is 0.192. The molecule has 0 radical (unpaired) electrons. The van der Waals surface area contributed by atoms with Gasteiger partial charge in [-0.1, -0.05) is 36.4 Å². The molecule has 0 aromatic heterocycles. The van der Waals surface area contributed by atoms with Gasteiger partial charge in [-0.15, -0.1) is 0 Å². The Balaban J connectivity index is 2.14. The molecular formula is C12H14O. The Kier molecular flexibility index (Phi) is 2.46. The summed E-state index contributed by atoms with van der Waals surface area (Å²) in [6, 6.07) is 8.56. The molecule has 1 aliphatic rings. The molecule has 0 aliphatic heterocycles. The van der Waals surface area contributed by atoms with Gasteiger partial charge in [0.05, 0.1) is 0 Å². The molecular weight excluding hydrogens is 160 g/mol. The van der Waals surface area contributed by atoms with Crippen molar-refractivity contribution in [2.75, 3.05) is 13.7 Å². The van der Waals surface area contributed by atoms with Crippen molar-refractivity contribution < 1.29 is 4.74 Å². The molecule has 0 fully saturated rings. The summed E-state index contributed by atoms with van der Waals surface area (Å²) in [5, 5.41) is 0. The number of rotatable bonds is 3. The van der Waals surface area contributed by atoms with Gasteiger partial charge in [0.1, 0.15) is 0 Å². The average molecular weight is 174 g/mol. The average Bonchev–Trinajstić information content (AvgIpc) is 2.58. The normalized spacial score (nSPS) is 19.0. The first-order chi connectivity index (χ1) is 6.42. The van der Waals surface area contributed by atoms with Crippen molar-refractivity contribution in [2.24, 2.45) is 0 Å². The van der Waals surface area contributed by atoms with E-state index in [4.69, 9.17) is 4.74 Å². The lowest BCUT2D eigenvalue weighted by Crippen LogP contribution is -1.98. The summed E-state index contributed by atoms with van der Waals surface area (Å²) in [7, 11) is 1.75. The van der Waals surface area contributed by atoms with Crippen LogP contribution < -0.4 is 0 Å². The van der Waals surface area contributed by atoms with Gasteiger partial charge in [0.2, 0.25) is 0 Å². The number of fused-ring (bicyclic) bond motifs is 1. The molecule has 2 rings (SSSR count). The second-order valence-corrected chi connectivity index (χ2v) is 3.38. The van der Waals surface area contributed by atoms with Crippen molar-refractivity contribution in [1.82, 2.24) is 0 Å². The highest BCUT2D eigenvalue weighted by Crippen LogP contribution is 2.31. The Morgan fingerprint density at radius 3 is 3.00 bits per heavy atom. The van der Waals surface area contributed by atoms with Crippen LogP contribution in [0.5, 0.6) is 0 Å². The van der Waals surface area contributed by atoms with Crippen molar-refractivity contribution in [3.8, 4) is 0 Å². The Bertz CT molecular complexity index is 315. The fraction of sp³-hybridized carbons (Fsp3) is 0.333. The fourth-order valence-electron chi connectivity index (χ4n) is 1.82. The summed E-state index contributed by atoms with van der Waals surface area (Å²) in [4.78, 5) is 0. The predicted molar refractivity (Wildman–Crippen MR) is 54.7 cm³/mol. The van der Waals surface area contributed by atoms with Crippen LogP contribution >= 0.6 is 0 Å². The SMILES string of the molecule is COCCC1C=Cc2ccccc21. The molecule has 0 saturated heterocycles. The van der Waals surface area contributed by atoms with E-state index in [1.54, 1.807) is 7.11 Å². The maximum absolute atomic E-state index is 5.08. The third-order valence-electron chi connectivity index (χ3n) is 2.54. The van der Waals surface area contributed by atoms with Crippen LogP contribution in [0.3, 0.4) is 0 Å². The monoisotopic (exact) mass is 174 g/mol. The van der Waals surface area contributed by atoms with Crippen LogP contribution in [0.1, 0.15) is 23.5 Å². The highest BCUT2D eigenvalue weighted by Gasteiger charge is 2.15. The second-order valence-electron chi connectivity index (χ2n) is 3.38. The zero-order valence-electron chi connectivity index (χ0n) is 7.86. The van der Waals surface area contributed by atoms with E-state index in [-0.39, 0.29) is 0 Å². The van der Waals surface area contributed by atoms with Crippen LogP contribution in [0.15, 0.2) is 30.3 Å². The van der Waals surface area contributed by atoms with E-state index in [0.717, 1.165) is 13.0 Å². The molecule has 1 unspecified atom stereocenters. The van der Waals surface area contributed by atoms with Crippen molar-refractivity contribution in [3.05, 3.63) is 41.5 Å². The van der Waals surface area contributed by atoms with Gasteiger partial charge in [-0.05, 0) is 17.5 Å². The molecule has 1 atom stereocenters. The van der Waals surface area contributed by atoms with E-state index in [2.05, 4.69) is 36.4 Å². The fourth-order valence-corrected chi connectivity index (χ4v) is 1.82. The standard InChI is InChI=1S/C12H14O/c1-13-9-8-11-7-6-10-4-2-3-5-12(10)11/h2-7,11H,8-9H2,1H3. The number of hydrogen-bond acceptors (Lipinski definition) is 1. The van der Waals surface area contributed by atoms with Gasteiger partial charge in [-0.25, -0.2) is 0 Å². The summed E-state index contributed by atoms with van der Waals surface area (Å²) < 4.78 is 5.08. The van der Waals surface area contributed by atoms with Crippen LogP contribution in [0.4, 0.5) is 0 Å². The molecule has 13 heavy (non-hydrogen) atoms. The van der Waals surface area contributed by atoms with Crippen molar-refractivity contribution in [3.63, 3.8) is 0 Å². The number of ether oxygens (including phenoxy) is 1. The quantitative estimate of drug-likeness (QED) is 0.684. The highest BCUT2D eigenvalue weighted by atomic mass is 16.5. The molecule has 1 heteroatoms. The molecule has 0 spiro atoms. The minimum atomic E-state index is 0.566. The van der Waals surface area contributed by atoms with Gasteiger partial charge in [0, 0.05) is 19.6 Å². The zero-order valence-corrected chi connectivity index (χ0v) is 7.86. The highest BCUT2D eigenvalue weighted by molar-refractivity contribution is 5.62. The Morgan fingerprint density at radius 1 is 1.31 bits per heavy atom. The first-order valence-electron chi connectivity index (χ1n) is 4.68. The molecule has 1 aliphatic carbocycles. The third-order valence-corrected chi connectivity index (χ3v) is 2.54. The molecule has 0 bridgehead atoms. The van der Waals surface area contributed by atoms with Crippen LogP contribution in [-0.2, 0) is 4.74 Å².